The van der Waals surface area contributed by atoms with E-state index in [1.807, 2.05) is 0 Å². The van der Waals surface area contributed by atoms with Gasteiger partial charge in [0.15, 0.2) is 5.75 Å². The standard InChI is InChI=1S/C23H38N2O5/c1-3-4-5-6-7-8-9-10-11-12-13-14-18-29-21(26)19-25-23(27)30-22-20(28-2)16-15-17-24-22/h15-17H,3-14,18-19H2,1-2H3,(H,25,27). The minimum absolute atomic E-state index is 0.0439. The van der Waals surface area contributed by atoms with Crippen LogP contribution in [0.1, 0.15) is 84.0 Å². The highest BCUT2D eigenvalue weighted by Gasteiger charge is 2.12. The van der Waals surface area contributed by atoms with Crippen molar-refractivity contribution in [3.8, 4) is 11.6 Å². The Balaban J connectivity index is 1.94. The van der Waals surface area contributed by atoms with Crippen molar-refractivity contribution in [3.63, 3.8) is 0 Å². The predicted molar refractivity (Wildman–Crippen MR) is 117 cm³/mol. The van der Waals surface area contributed by atoms with Crippen LogP contribution < -0.4 is 14.8 Å². The average molecular weight is 423 g/mol. The van der Waals surface area contributed by atoms with Crippen LogP contribution in [-0.2, 0) is 9.53 Å². The van der Waals surface area contributed by atoms with Crippen molar-refractivity contribution in [2.45, 2.75) is 84.0 Å². The van der Waals surface area contributed by atoms with Crippen molar-refractivity contribution in [2.75, 3.05) is 20.3 Å². The first-order valence-electron chi connectivity index (χ1n) is 11.3. The molecule has 1 heterocycles. The molecular weight excluding hydrogens is 384 g/mol. The van der Waals surface area contributed by atoms with Crippen LogP contribution in [0.4, 0.5) is 4.79 Å². The van der Waals surface area contributed by atoms with E-state index in [9.17, 15) is 9.59 Å². The Kier molecular flexibility index (Phi) is 15.0. The molecule has 7 heteroatoms. The second-order valence-corrected chi connectivity index (χ2v) is 7.36. The van der Waals surface area contributed by atoms with Crippen LogP contribution in [0.25, 0.3) is 0 Å². The molecule has 0 atom stereocenters. The fourth-order valence-corrected chi connectivity index (χ4v) is 3.06. The molecule has 0 unspecified atom stereocenters. The summed E-state index contributed by atoms with van der Waals surface area (Å²) < 4.78 is 15.2. The molecule has 30 heavy (non-hydrogen) atoms. The summed E-state index contributed by atoms with van der Waals surface area (Å²) >= 11 is 0. The van der Waals surface area contributed by atoms with Gasteiger partial charge in [-0.25, -0.2) is 9.78 Å². The number of nitrogens with zero attached hydrogens (tertiary/aromatic N) is 1. The highest BCUT2D eigenvalue weighted by atomic mass is 16.6. The highest BCUT2D eigenvalue weighted by molar-refractivity contribution is 5.78. The molecule has 1 aromatic rings. The average Bonchev–Trinajstić information content (AvgIpc) is 2.76. The molecule has 0 fully saturated rings. The van der Waals surface area contributed by atoms with Crippen LogP contribution in [0.2, 0.25) is 0 Å². The number of aromatic nitrogens is 1. The van der Waals surface area contributed by atoms with Crippen LogP contribution in [0.5, 0.6) is 11.6 Å². The number of hydrogen-bond acceptors (Lipinski definition) is 6. The van der Waals surface area contributed by atoms with Gasteiger partial charge in [-0.15, -0.1) is 0 Å². The fraction of sp³-hybridized carbons (Fsp3) is 0.696. The number of rotatable bonds is 17. The van der Waals surface area contributed by atoms with Crippen molar-refractivity contribution in [2.24, 2.45) is 0 Å². The van der Waals surface area contributed by atoms with Crippen LogP contribution in [-0.4, -0.2) is 37.3 Å². The van der Waals surface area contributed by atoms with Gasteiger partial charge in [-0.1, -0.05) is 77.6 Å². The lowest BCUT2D eigenvalue weighted by atomic mass is 10.1. The van der Waals surface area contributed by atoms with E-state index in [1.54, 1.807) is 12.1 Å². The SMILES string of the molecule is CCCCCCCCCCCCCCOC(=O)CNC(=O)Oc1ncccc1OC. The highest BCUT2D eigenvalue weighted by Crippen LogP contribution is 2.22. The van der Waals surface area contributed by atoms with Crippen LogP contribution in [0.15, 0.2) is 18.3 Å². The summed E-state index contributed by atoms with van der Waals surface area (Å²) in [6.45, 7) is 2.38. The molecule has 1 aromatic heterocycles. The molecule has 0 radical (unpaired) electrons. The first kappa shape index (κ1) is 25.7. The normalized spacial score (nSPS) is 10.5. The van der Waals surface area contributed by atoms with E-state index in [0.717, 1.165) is 12.8 Å². The monoisotopic (exact) mass is 422 g/mol. The van der Waals surface area contributed by atoms with Crippen molar-refractivity contribution in [1.82, 2.24) is 10.3 Å². The van der Waals surface area contributed by atoms with Crippen LogP contribution in [0.3, 0.4) is 0 Å². The minimum atomic E-state index is -0.783. The maximum atomic E-state index is 11.7. The molecule has 0 aromatic carbocycles. The molecule has 0 aliphatic heterocycles. The molecule has 1 amide bonds. The zero-order valence-corrected chi connectivity index (χ0v) is 18.6. The van der Waals surface area contributed by atoms with Crippen LogP contribution in [0, 0.1) is 0 Å². The van der Waals surface area contributed by atoms with E-state index in [0.29, 0.717) is 12.4 Å². The summed E-state index contributed by atoms with van der Waals surface area (Å²) in [4.78, 5) is 27.3. The number of unbranched alkanes of at least 4 members (excludes halogenated alkanes) is 11. The van der Waals surface area contributed by atoms with Gasteiger partial charge in [-0.05, 0) is 18.6 Å². The van der Waals surface area contributed by atoms with E-state index < -0.39 is 12.1 Å². The molecule has 0 aliphatic carbocycles. The molecule has 170 valence electrons. The molecule has 0 bridgehead atoms. The predicted octanol–water partition coefficient (Wildman–Crippen LogP) is 5.42. The molecule has 0 aliphatic rings. The van der Waals surface area contributed by atoms with Gasteiger partial charge in [-0.3, -0.25) is 4.79 Å². The summed E-state index contributed by atoms with van der Waals surface area (Å²) in [5.41, 5.74) is 0. The number of nitrogens with one attached hydrogen (secondary N) is 1. The quantitative estimate of drug-likeness (QED) is 0.266. The maximum Gasteiger partial charge on any atom is 0.414 e. The molecular formula is C23H38N2O5. The summed E-state index contributed by atoms with van der Waals surface area (Å²) in [5.74, 6) is -0.104. The lowest BCUT2D eigenvalue weighted by Crippen LogP contribution is -2.33. The molecule has 1 rings (SSSR count). The number of carbonyl (C=O) groups excluding carboxylic acids is 2. The lowest BCUT2D eigenvalue weighted by molar-refractivity contribution is -0.142. The lowest BCUT2D eigenvalue weighted by Gasteiger charge is -2.09. The van der Waals surface area contributed by atoms with E-state index in [1.165, 1.54) is 77.5 Å². The van der Waals surface area contributed by atoms with Gasteiger partial charge in [0, 0.05) is 6.20 Å². The Labute approximate surface area is 180 Å². The number of methoxy groups -OCH3 is 1. The Morgan fingerprint density at radius 1 is 0.933 bits per heavy atom. The summed E-state index contributed by atoms with van der Waals surface area (Å²) in [6.07, 6.45) is 15.8. The Bertz CT molecular complexity index is 595. The molecule has 0 saturated carbocycles. The van der Waals surface area contributed by atoms with E-state index >= 15 is 0 Å². The summed E-state index contributed by atoms with van der Waals surface area (Å²) in [5, 5.41) is 2.35. The fourth-order valence-electron chi connectivity index (χ4n) is 3.06. The van der Waals surface area contributed by atoms with Crippen molar-refractivity contribution in [1.29, 1.82) is 0 Å². The maximum absolute atomic E-state index is 11.7. The number of amides is 1. The number of carbonyl (C=O) groups is 2. The number of ether oxygens (including phenoxy) is 3. The second-order valence-electron chi connectivity index (χ2n) is 7.36. The molecule has 0 saturated heterocycles. The van der Waals surface area contributed by atoms with Gasteiger partial charge in [0.1, 0.15) is 6.54 Å². The third-order valence-electron chi connectivity index (χ3n) is 4.78. The second kappa shape index (κ2) is 17.5. The Hall–Kier alpha value is -2.31. The topological polar surface area (TPSA) is 86.8 Å². The van der Waals surface area contributed by atoms with Gasteiger partial charge in [0.25, 0.3) is 5.88 Å². The van der Waals surface area contributed by atoms with Gasteiger partial charge in [0.2, 0.25) is 0 Å². The van der Waals surface area contributed by atoms with E-state index in [-0.39, 0.29) is 12.4 Å². The number of pyridine rings is 1. The van der Waals surface area contributed by atoms with Gasteiger partial charge in [-0.2, -0.15) is 0 Å². The molecule has 1 N–H and O–H groups in total. The van der Waals surface area contributed by atoms with Gasteiger partial charge < -0.3 is 19.5 Å². The number of esters is 1. The smallest absolute Gasteiger partial charge is 0.414 e. The van der Waals surface area contributed by atoms with Crippen molar-refractivity contribution >= 4 is 12.1 Å². The summed E-state index contributed by atoms with van der Waals surface area (Å²) in [7, 11) is 1.45. The first-order chi connectivity index (χ1) is 14.7. The first-order valence-corrected chi connectivity index (χ1v) is 11.3. The minimum Gasteiger partial charge on any atom is -0.491 e. The third-order valence-corrected chi connectivity index (χ3v) is 4.78. The zero-order valence-electron chi connectivity index (χ0n) is 18.6. The summed E-state index contributed by atoms with van der Waals surface area (Å²) in [6, 6.07) is 3.29. The van der Waals surface area contributed by atoms with Gasteiger partial charge >= 0.3 is 12.1 Å². The van der Waals surface area contributed by atoms with Crippen LogP contribution >= 0.6 is 0 Å². The molecule has 0 spiro atoms. The molecule has 7 nitrogen and oxygen atoms in total. The third kappa shape index (κ3) is 13.0. The van der Waals surface area contributed by atoms with Crippen molar-refractivity contribution in [3.05, 3.63) is 18.3 Å². The van der Waals surface area contributed by atoms with Crippen molar-refractivity contribution < 1.29 is 23.8 Å². The Morgan fingerprint density at radius 2 is 1.53 bits per heavy atom. The largest absolute Gasteiger partial charge is 0.491 e. The van der Waals surface area contributed by atoms with E-state index in [4.69, 9.17) is 14.2 Å². The van der Waals surface area contributed by atoms with E-state index in [2.05, 4.69) is 17.2 Å². The number of hydrogen-bond donors (Lipinski definition) is 1. The Morgan fingerprint density at radius 3 is 2.13 bits per heavy atom. The zero-order chi connectivity index (χ0) is 21.9. The van der Waals surface area contributed by atoms with Gasteiger partial charge in [0.05, 0.1) is 13.7 Å².